The Labute approximate surface area is 112 Å². The Balaban J connectivity index is 1.72. The lowest BCUT2D eigenvalue weighted by molar-refractivity contribution is -0.121. The SMILES string of the molecule is Cc1nc(C)c(C(C)NCCC(=O)NC2CC2)s1. The van der Waals surface area contributed by atoms with Crippen LogP contribution in [0.1, 0.15) is 47.8 Å². The van der Waals surface area contributed by atoms with Crippen molar-refractivity contribution in [1.82, 2.24) is 15.6 Å². The van der Waals surface area contributed by atoms with E-state index in [1.807, 2.05) is 13.8 Å². The van der Waals surface area contributed by atoms with Crippen LogP contribution in [0.4, 0.5) is 0 Å². The van der Waals surface area contributed by atoms with Crippen molar-refractivity contribution >= 4 is 17.2 Å². The van der Waals surface area contributed by atoms with Gasteiger partial charge in [-0.3, -0.25) is 4.79 Å². The molecule has 0 aromatic carbocycles. The Bertz CT molecular complexity index is 426. The number of nitrogens with one attached hydrogen (secondary N) is 2. The second-order valence-electron chi connectivity index (χ2n) is 4.95. The standard InChI is InChI=1S/C13H21N3OS/c1-8(13-9(2)15-10(3)18-13)14-7-6-12(17)16-11-4-5-11/h8,11,14H,4-7H2,1-3H3,(H,16,17). The van der Waals surface area contributed by atoms with E-state index in [1.165, 1.54) is 4.88 Å². The Hall–Kier alpha value is -0.940. The fraction of sp³-hybridized carbons (Fsp3) is 0.692. The van der Waals surface area contributed by atoms with Gasteiger partial charge in [0.15, 0.2) is 0 Å². The van der Waals surface area contributed by atoms with Crippen LogP contribution in [0.25, 0.3) is 0 Å². The second-order valence-corrected chi connectivity index (χ2v) is 6.18. The van der Waals surface area contributed by atoms with Gasteiger partial charge in [-0.25, -0.2) is 4.98 Å². The number of hydrogen-bond donors (Lipinski definition) is 2. The Morgan fingerprint density at radius 1 is 1.50 bits per heavy atom. The third kappa shape index (κ3) is 3.78. The lowest BCUT2D eigenvalue weighted by Crippen LogP contribution is -2.30. The summed E-state index contributed by atoms with van der Waals surface area (Å²) in [5.41, 5.74) is 1.10. The monoisotopic (exact) mass is 267 g/mol. The number of carbonyl (C=O) groups is 1. The van der Waals surface area contributed by atoms with E-state index in [0.29, 0.717) is 12.5 Å². The zero-order valence-corrected chi connectivity index (χ0v) is 12.1. The fourth-order valence-corrected chi connectivity index (χ4v) is 2.93. The smallest absolute Gasteiger partial charge is 0.221 e. The molecule has 1 heterocycles. The van der Waals surface area contributed by atoms with Crippen LogP contribution in [-0.4, -0.2) is 23.5 Å². The number of carbonyl (C=O) groups excluding carboxylic acids is 1. The molecule has 1 atom stereocenters. The number of aryl methyl sites for hydroxylation is 2. The Morgan fingerprint density at radius 3 is 2.78 bits per heavy atom. The molecule has 0 bridgehead atoms. The van der Waals surface area contributed by atoms with Gasteiger partial charge in [-0.05, 0) is 33.6 Å². The van der Waals surface area contributed by atoms with E-state index in [9.17, 15) is 4.79 Å². The van der Waals surface area contributed by atoms with Crippen LogP contribution in [0.2, 0.25) is 0 Å². The summed E-state index contributed by atoms with van der Waals surface area (Å²) in [4.78, 5) is 17.2. The highest BCUT2D eigenvalue weighted by Crippen LogP contribution is 2.24. The maximum Gasteiger partial charge on any atom is 0.221 e. The van der Waals surface area contributed by atoms with E-state index in [0.717, 1.165) is 30.1 Å². The first-order valence-corrected chi connectivity index (χ1v) is 7.34. The topological polar surface area (TPSA) is 54.0 Å². The van der Waals surface area contributed by atoms with Crippen LogP contribution in [0, 0.1) is 13.8 Å². The van der Waals surface area contributed by atoms with Gasteiger partial charge in [0.2, 0.25) is 5.91 Å². The van der Waals surface area contributed by atoms with Crippen LogP contribution in [0.3, 0.4) is 0 Å². The van der Waals surface area contributed by atoms with Gasteiger partial charge in [-0.15, -0.1) is 11.3 Å². The zero-order chi connectivity index (χ0) is 13.1. The average Bonchev–Trinajstić information content (AvgIpc) is 3.02. The molecule has 2 N–H and O–H groups in total. The van der Waals surface area contributed by atoms with Crippen molar-refractivity contribution in [2.24, 2.45) is 0 Å². The Morgan fingerprint density at radius 2 is 2.22 bits per heavy atom. The number of nitrogens with zero attached hydrogens (tertiary/aromatic N) is 1. The van der Waals surface area contributed by atoms with Gasteiger partial charge in [0.05, 0.1) is 10.7 Å². The highest BCUT2D eigenvalue weighted by Gasteiger charge is 2.22. The molecular formula is C13H21N3OS. The number of aromatic nitrogens is 1. The molecule has 4 nitrogen and oxygen atoms in total. The second kappa shape index (κ2) is 5.80. The lowest BCUT2D eigenvalue weighted by Gasteiger charge is -2.12. The first kappa shape index (κ1) is 13.5. The first-order chi connectivity index (χ1) is 8.56. The van der Waals surface area contributed by atoms with E-state index >= 15 is 0 Å². The normalized spacial score (nSPS) is 16.6. The van der Waals surface area contributed by atoms with Crippen molar-refractivity contribution in [3.8, 4) is 0 Å². The minimum Gasteiger partial charge on any atom is -0.353 e. The number of hydrogen-bond acceptors (Lipinski definition) is 4. The molecule has 1 saturated carbocycles. The molecule has 1 aliphatic carbocycles. The van der Waals surface area contributed by atoms with Crippen molar-refractivity contribution in [1.29, 1.82) is 0 Å². The molecule has 1 unspecified atom stereocenters. The van der Waals surface area contributed by atoms with E-state index in [2.05, 4.69) is 22.5 Å². The summed E-state index contributed by atoms with van der Waals surface area (Å²) in [5, 5.41) is 7.48. The third-order valence-electron chi connectivity index (χ3n) is 3.08. The Kier molecular flexibility index (Phi) is 4.35. The summed E-state index contributed by atoms with van der Waals surface area (Å²) in [5.74, 6) is 0.161. The maximum absolute atomic E-state index is 11.5. The summed E-state index contributed by atoms with van der Waals surface area (Å²) in [6, 6.07) is 0.728. The first-order valence-electron chi connectivity index (χ1n) is 6.53. The van der Waals surface area contributed by atoms with Gasteiger partial charge in [0.1, 0.15) is 0 Å². The lowest BCUT2D eigenvalue weighted by atomic mass is 10.2. The predicted molar refractivity (Wildman–Crippen MR) is 73.8 cm³/mol. The molecule has 18 heavy (non-hydrogen) atoms. The largest absolute Gasteiger partial charge is 0.353 e. The van der Waals surface area contributed by atoms with Gasteiger partial charge >= 0.3 is 0 Å². The molecule has 1 fully saturated rings. The van der Waals surface area contributed by atoms with Crippen LogP contribution in [-0.2, 0) is 4.79 Å². The van der Waals surface area contributed by atoms with Crippen LogP contribution in [0.5, 0.6) is 0 Å². The van der Waals surface area contributed by atoms with E-state index in [1.54, 1.807) is 11.3 Å². The van der Waals surface area contributed by atoms with Crippen molar-refractivity contribution in [2.75, 3.05) is 6.54 Å². The molecule has 5 heteroatoms. The van der Waals surface area contributed by atoms with Crippen molar-refractivity contribution in [3.63, 3.8) is 0 Å². The number of rotatable bonds is 6. The highest BCUT2D eigenvalue weighted by atomic mass is 32.1. The fourth-order valence-electron chi connectivity index (χ4n) is 1.97. The molecular weight excluding hydrogens is 246 g/mol. The molecule has 1 aliphatic rings. The molecule has 1 amide bonds. The summed E-state index contributed by atoms with van der Waals surface area (Å²) in [6.07, 6.45) is 2.85. The van der Waals surface area contributed by atoms with Crippen LogP contribution < -0.4 is 10.6 Å². The minimum atomic E-state index is 0.161. The zero-order valence-electron chi connectivity index (χ0n) is 11.2. The van der Waals surface area contributed by atoms with Crippen molar-refractivity contribution < 1.29 is 4.79 Å². The minimum absolute atomic E-state index is 0.161. The molecule has 0 radical (unpaired) electrons. The molecule has 0 saturated heterocycles. The molecule has 2 rings (SSSR count). The maximum atomic E-state index is 11.5. The molecule has 0 aliphatic heterocycles. The van der Waals surface area contributed by atoms with Gasteiger partial charge < -0.3 is 10.6 Å². The number of thiazole rings is 1. The van der Waals surface area contributed by atoms with Gasteiger partial charge in [-0.2, -0.15) is 0 Å². The van der Waals surface area contributed by atoms with Crippen molar-refractivity contribution in [3.05, 3.63) is 15.6 Å². The summed E-state index contributed by atoms with van der Waals surface area (Å²) >= 11 is 1.73. The van der Waals surface area contributed by atoms with Crippen LogP contribution >= 0.6 is 11.3 Å². The molecule has 0 spiro atoms. The van der Waals surface area contributed by atoms with Gasteiger partial charge in [-0.1, -0.05) is 0 Å². The van der Waals surface area contributed by atoms with Crippen LogP contribution in [0.15, 0.2) is 0 Å². The molecule has 1 aromatic heterocycles. The highest BCUT2D eigenvalue weighted by molar-refractivity contribution is 7.11. The number of amides is 1. The van der Waals surface area contributed by atoms with Crippen molar-refractivity contribution in [2.45, 2.75) is 52.1 Å². The van der Waals surface area contributed by atoms with Gasteiger partial charge in [0, 0.05) is 29.9 Å². The quantitative estimate of drug-likeness (QED) is 0.829. The van der Waals surface area contributed by atoms with E-state index < -0.39 is 0 Å². The molecule has 1 aromatic rings. The molecule has 100 valence electrons. The summed E-state index contributed by atoms with van der Waals surface area (Å²) in [6.45, 7) is 6.91. The summed E-state index contributed by atoms with van der Waals surface area (Å²) < 4.78 is 0. The van der Waals surface area contributed by atoms with E-state index in [-0.39, 0.29) is 11.9 Å². The average molecular weight is 267 g/mol. The predicted octanol–water partition coefficient (Wildman–Crippen LogP) is 2.08. The van der Waals surface area contributed by atoms with Gasteiger partial charge in [0.25, 0.3) is 0 Å². The van der Waals surface area contributed by atoms with E-state index in [4.69, 9.17) is 0 Å². The summed E-state index contributed by atoms with van der Waals surface area (Å²) in [7, 11) is 0. The third-order valence-corrected chi connectivity index (χ3v) is 4.33.